The molecular formula is C24H26N2O6S. The highest BCUT2D eigenvalue weighted by Gasteiger charge is 2.27. The first kappa shape index (κ1) is 22.8. The molecule has 0 bridgehead atoms. The monoisotopic (exact) mass is 470 g/mol. The Morgan fingerprint density at radius 3 is 2.18 bits per heavy atom. The van der Waals surface area contributed by atoms with Crippen molar-refractivity contribution in [2.45, 2.75) is 42.7 Å². The van der Waals surface area contributed by atoms with Crippen LogP contribution in [0.25, 0.3) is 0 Å². The fourth-order valence-corrected chi connectivity index (χ4v) is 4.61. The smallest absolute Gasteiger partial charge is 0.253 e. The van der Waals surface area contributed by atoms with Crippen LogP contribution in [-0.2, 0) is 9.84 Å². The van der Waals surface area contributed by atoms with Gasteiger partial charge >= 0.3 is 0 Å². The molecule has 1 aliphatic carbocycles. The van der Waals surface area contributed by atoms with Crippen LogP contribution in [0.15, 0.2) is 63.0 Å². The number of ether oxygens (including phenoxy) is 2. The van der Waals surface area contributed by atoms with E-state index in [1.165, 1.54) is 6.26 Å². The highest BCUT2D eigenvalue weighted by molar-refractivity contribution is 7.90. The molecular weight excluding hydrogens is 444 g/mol. The van der Waals surface area contributed by atoms with Crippen molar-refractivity contribution in [3.63, 3.8) is 0 Å². The van der Waals surface area contributed by atoms with E-state index in [0.29, 0.717) is 22.9 Å². The number of rotatable bonds is 8. The number of nitrogens with one attached hydrogen (secondary N) is 2. The van der Waals surface area contributed by atoms with Crippen molar-refractivity contribution in [1.29, 1.82) is 0 Å². The molecule has 9 heteroatoms. The molecule has 0 heterocycles. The normalized spacial score (nSPS) is 18.6. The van der Waals surface area contributed by atoms with E-state index in [1.807, 2.05) is 0 Å². The lowest BCUT2D eigenvalue weighted by atomic mass is 9.92. The van der Waals surface area contributed by atoms with Crippen LogP contribution >= 0.6 is 0 Å². The number of sulfone groups is 1. The Bertz CT molecular complexity index is 1300. The van der Waals surface area contributed by atoms with Crippen molar-refractivity contribution in [1.82, 2.24) is 0 Å². The summed E-state index contributed by atoms with van der Waals surface area (Å²) >= 11 is 0. The second-order valence-corrected chi connectivity index (χ2v) is 10.3. The first-order valence-electron chi connectivity index (χ1n) is 10.7. The van der Waals surface area contributed by atoms with Crippen LogP contribution in [0.3, 0.4) is 0 Å². The van der Waals surface area contributed by atoms with Gasteiger partial charge in [-0.1, -0.05) is 6.07 Å². The van der Waals surface area contributed by atoms with Gasteiger partial charge < -0.3 is 20.1 Å². The van der Waals surface area contributed by atoms with Gasteiger partial charge in [0, 0.05) is 24.1 Å². The zero-order chi connectivity index (χ0) is 23.6. The summed E-state index contributed by atoms with van der Waals surface area (Å²) in [5.74, 6) is 1.28. The minimum Gasteiger partial charge on any atom is -0.497 e. The first-order valence-corrected chi connectivity index (χ1v) is 12.6. The van der Waals surface area contributed by atoms with E-state index in [1.54, 1.807) is 55.6 Å². The van der Waals surface area contributed by atoms with Gasteiger partial charge in [-0.25, -0.2) is 8.42 Å². The molecule has 2 N–H and O–H groups in total. The number of anilines is 3. The molecule has 3 aromatic rings. The van der Waals surface area contributed by atoms with E-state index >= 15 is 0 Å². The van der Waals surface area contributed by atoms with Crippen molar-refractivity contribution >= 4 is 26.9 Å². The minimum absolute atomic E-state index is 0.00853. The molecule has 4 rings (SSSR count). The van der Waals surface area contributed by atoms with E-state index in [4.69, 9.17) is 9.47 Å². The molecule has 174 valence electrons. The summed E-state index contributed by atoms with van der Waals surface area (Å²) in [4.78, 5) is 24.5. The molecule has 33 heavy (non-hydrogen) atoms. The molecule has 0 saturated heterocycles. The fraction of sp³-hybridized carbons (Fsp3) is 0.333. The molecule has 8 nitrogen and oxygen atoms in total. The molecule has 0 aliphatic heterocycles. The average molecular weight is 471 g/mol. The molecule has 1 aliphatic rings. The average Bonchev–Trinajstić information content (AvgIpc) is 2.82. The zero-order valence-corrected chi connectivity index (χ0v) is 19.3. The van der Waals surface area contributed by atoms with Gasteiger partial charge in [-0.2, -0.15) is 0 Å². The predicted molar refractivity (Wildman–Crippen MR) is 127 cm³/mol. The van der Waals surface area contributed by atoms with Gasteiger partial charge in [0.15, 0.2) is 9.84 Å². The summed E-state index contributed by atoms with van der Waals surface area (Å²) in [7, 11) is -1.67. The third kappa shape index (κ3) is 5.19. The molecule has 0 unspecified atom stereocenters. The quantitative estimate of drug-likeness (QED) is 0.483. The van der Waals surface area contributed by atoms with Crippen molar-refractivity contribution in [2.75, 3.05) is 24.0 Å². The number of methoxy groups -OCH3 is 1. The lowest BCUT2D eigenvalue weighted by Gasteiger charge is -2.31. The van der Waals surface area contributed by atoms with E-state index in [9.17, 15) is 18.0 Å². The van der Waals surface area contributed by atoms with Gasteiger partial charge in [-0.05, 0) is 62.1 Å². The van der Waals surface area contributed by atoms with Gasteiger partial charge in [0.25, 0.3) is 10.9 Å². The van der Waals surface area contributed by atoms with E-state index in [0.717, 1.165) is 25.7 Å². The molecule has 0 radical (unpaired) electrons. The molecule has 0 aromatic heterocycles. The minimum atomic E-state index is -3.24. The van der Waals surface area contributed by atoms with Crippen molar-refractivity contribution in [3.05, 3.63) is 69.0 Å². The summed E-state index contributed by atoms with van der Waals surface area (Å²) in [6.07, 6.45) is 4.30. The van der Waals surface area contributed by atoms with Crippen LogP contribution in [0.4, 0.5) is 17.1 Å². The molecule has 0 atom stereocenters. The Morgan fingerprint density at radius 1 is 0.879 bits per heavy atom. The highest BCUT2D eigenvalue weighted by atomic mass is 32.2. The maximum absolute atomic E-state index is 12.2. The van der Waals surface area contributed by atoms with Crippen LogP contribution in [0, 0.1) is 0 Å². The maximum atomic E-state index is 12.2. The summed E-state index contributed by atoms with van der Waals surface area (Å²) < 4.78 is 34.4. The van der Waals surface area contributed by atoms with Crippen molar-refractivity contribution < 1.29 is 17.9 Å². The second-order valence-electron chi connectivity index (χ2n) is 8.24. The fourth-order valence-electron chi connectivity index (χ4n) is 3.98. The topological polar surface area (TPSA) is 111 Å². The third-order valence-electron chi connectivity index (χ3n) is 5.83. The van der Waals surface area contributed by atoms with E-state index in [2.05, 4.69) is 10.6 Å². The Balaban J connectivity index is 1.34. The van der Waals surface area contributed by atoms with Crippen LogP contribution in [0.1, 0.15) is 25.7 Å². The van der Waals surface area contributed by atoms with Crippen molar-refractivity contribution in [3.8, 4) is 11.5 Å². The molecule has 1 fully saturated rings. The van der Waals surface area contributed by atoms with Crippen LogP contribution in [0.2, 0.25) is 0 Å². The van der Waals surface area contributed by atoms with Gasteiger partial charge in [0.2, 0.25) is 0 Å². The number of hydrogen-bond acceptors (Lipinski definition) is 8. The van der Waals surface area contributed by atoms with Crippen LogP contribution in [0.5, 0.6) is 11.5 Å². The molecule has 3 aromatic carbocycles. The predicted octanol–water partition coefficient (Wildman–Crippen LogP) is 3.24. The Morgan fingerprint density at radius 2 is 1.55 bits per heavy atom. The van der Waals surface area contributed by atoms with Crippen molar-refractivity contribution in [2.24, 2.45) is 0 Å². The highest BCUT2D eigenvalue weighted by Crippen LogP contribution is 2.29. The molecule has 1 saturated carbocycles. The Kier molecular flexibility index (Phi) is 6.42. The second kappa shape index (κ2) is 9.27. The maximum Gasteiger partial charge on any atom is 0.253 e. The van der Waals surface area contributed by atoms with Crippen LogP contribution in [-0.4, -0.2) is 33.9 Å². The number of hydrogen-bond donors (Lipinski definition) is 2. The summed E-state index contributed by atoms with van der Waals surface area (Å²) in [5, 5.41) is 6.26. The molecule has 0 amide bonds. The molecule has 0 spiro atoms. The SMILES string of the molecule is COc1cccc(Nc2c(NC3CCC(Oc4ccc(S(C)(=O)=O)cc4)CC3)c(=O)c2=O)c1. The van der Waals surface area contributed by atoms with E-state index in [-0.39, 0.29) is 22.7 Å². The van der Waals surface area contributed by atoms with Gasteiger partial charge in [-0.3, -0.25) is 9.59 Å². The largest absolute Gasteiger partial charge is 0.497 e. The first-order chi connectivity index (χ1) is 15.7. The van der Waals surface area contributed by atoms with Crippen LogP contribution < -0.4 is 31.0 Å². The zero-order valence-electron chi connectivity index (χ0n) is 18.5. The van der Waals surface area contributed by atoms with Gasteiger partial charge in [0.1, 0.15) is 22.9 Å². The summed E-state index contributed by atoms with van der Waals surface area (Å²) in [6, 6.07) is 13.6. The Hall–Kier alpha value is -3.33. The standard InChI is InChI=1S/C24H26N2O6S/c1-31-19-5-3-4-16(14-19)26-22-21(23(27)24(22)28)25-15-6-8-17(9-7-15)32-18-10-12-20(13-11-18)33(2,29)30/h3-5,10-15,17,25-26H,6-9H2,1-2H3. The number of benzene rings is 2. The third-order valence-corrected chi connectivity index (χ3v) is 6.96. The van der Waals surface area contributed by atoms with E-state index < -0.39 is 20.7 Å². The Labute approximate surface area is 192 Å². The summed E-state index contributed by atoms with van der Waals surface area (Å²) in [6.45, 7) is 0. The lowest BCUT2D eigenvalue weighted by molar-refractivity contribution is 0.150. The van der Waals surface area contributed by atoms with Gasteiger partial charge in [-0.15, -0.1) is 0 Å². The lowest BCUT2D eigenvalue weighted by Crippen LogP contribution is -2.40. The summed E-state index contributed by atoms with van der Waals surface area (Å²) in [5.41, 5.74) is 0.226. The van der Waals surface area contributed by atoms with Gasteiger partial charge in [0.05, 0.1) is 18.1 Å².